The summed E-state index contributed by atoms with van der Waals surface area (Å²) in [7, 11) is 0.748. The fourth-order valence-electron chi connectivity index (χ4n) is 11.6. The first kappa shape index (κ1) is 50.3. The summed E-state index contributed by atoms with van der Waals surface area (Å²) in [5.41, 5.74) is 4.78. The second-order valence-electron chi connectivity index (χ2n) is 21.9. The molecule has 0 N–H and O–H groups in total. The van der Waals surface area contributed by atoms with E-state index in [9.17, 15) is 9.59 Å². The molecule has 4 fully saturated rings. The molecule has 4 aliphatic rings. The van der Waals surface area contributed by atoms with E-state index in [1.54, 1.807) is 6.07 Å². The number of aromatic nitrogens is 2. The van der Waals surface area contributed by atoms with E-state index in [-0.39, 0.29) is 70.3 Å². The number of carbonyl (C=O) groups excluding carboxylic acids is 2. The van der Waals surface area contributed by atoms with Gasteiger partial charge in [-0.2, -0.15) is 9.97 Å². The Bertz CT molecular complexity index is 2600. The predicted molar refractivity (Wildman–Crippen MR) is 268 cm³/mol. The van der Waals surface area contributed by atoms with E-state index in [4.69, 9.17) is 33.7 Å². The maximum Gasteiger partial charge on any atom is 0.410 e. The maximum atomic E-state index is 18.1. The zero-order valence-electron chi connectivity index (χ0n) is 42.5. The fourth-order valence-corrected chi connectivity index (χ4v) is 16.8. The highest BCUT2D eigenvalue weighted by Gasteiger charge is 2.47. The number of methoxy groups -OCH3 is 2. The van der Waals surface area contributed by atoms with Gasteiger partial charge >= 0.3 is 18.1 Å². The molecular weight excluding hydrogens is 897 g/mol. The molecule has 3 aliphatic heterocycles. The second kappa shape index (κ2) is 20.0. The van der Waals surface area contributed by atoms with Crippen LogP contribution in [0.5, 0.6) is 11.8 Å². The predicted octanol–water partition coefficient (Wildman–Crippen LogP) is 10.9. The van der Waals surface area contributed by atoms with Gasteiger partial charge in [-0.3, -0.25) is 9.69 Å². The highest BCUT2D eigenvalue weighted by Crippen LogP contribution is 2.48. The first-order chi connectivity index (χ1) is 32.8. The van der Waals surface area contributed by atoms with Crippen LogP contribution in [-0.4, -0.2) is 118 Å². The number of piperidine rings is 1. The monoisotopic (exact) mass is 968 g/mol. The second-order valence-corrected chi connectivity index (χ2v) is 27.5. The van der Waals surface area contributed by atoms with E-state index in [1.807, 2.05) is 54.8 Å². The minimum atomic E-state index is -2.21. The van der Waals surface area contributed by atoms with E-state index in [2.05, 4.69) is 57.9 Å². The van der Waals surface area contributed by atoms with Gasteiger partial charge in [-0.1, -0.05) is 59.6 Å². The summed E-state index contributed by atoms with van der Waals surface area (Å²) in [6.45, 7) is 22.5. The Morgan fingerprint density at radius 1 is 0.899 bits per heavy atom. The van der Waals surface area contributed by atoms with Gasteiger partial charge in [0.25, 0.3) is 0 Å². The number of nitrogens with zero attached hydrogens (tertiary/aromatic N) is 5. The molecule has 1 amide bonds. The molecule has 3 saturated heterocycles. The van der Waals surface area contributed by atoms with E-state index in [0.717, 1.165) is 58.2 Å². The van der Waals surface area contributed by atoms with Crippen molar-refractivity contribution in [1.82, 2.24) is 19.8 Å². The van der Waals surface area contributed by atoms with E-state index >= 15 is 8.78 Å². The van der Waals surface area contributed by atoms with Gasteiger partial charge in [0, 0.05) is 54.1 Å². The third-order valence-corrected chi connectivity index (χ3v) is 21.5. The SMILES string of the molecule is COCOc1cc(-c2c(F)cc3c(N4CC5CCC(C4)N5C(=O)OC(C)(C)C)nc(OCC4(CN5CCC(C(=O)OC)CC5)CC4)nc3c2F)c2c(C#C[Si](C(C)C)(C(C)C)C(C)C)cccc2c1. The summed E-state index contributed by atoms with van der Waals surface area (Å²) in [5.74, 6) is 2.42. The number of anilines is 1. The Kier molecular flexibility index (Phi) is 14.6. The fraction of sp³-hybridized carbons (Fsp3) is 0.593. The first-order valence-corrected chi connectivity index (χ1v) is 27.1. The summed E-state index contributed by atoms with van der Waals surface area (Å²) in [6, 6.07) is 10.2. The molecule has 372 valence electrons. The van der Waals surface area contributed by atoms with Crippen LogP contribution in [0.1, 0.15) is 106 Å². The summed E-state index contributed by atoms with van der Waals surface area (Å²) in [6.07, 6.45) is 4.52. The molecule has 12 nitrogen and oxygen atoms in total. The van der Waals surface area contributed by atoms with Gasteiger partial charge < -0.3 is 33.5 Å². The molecular formula is C54H71F2N5O7Si. The standard InChI is InChI=1S/C54H71F2N5O7Si/c1-33(2)69(34(3)4,35(5)6)24-19-36-13-12-14-38-25-41(67-32-64-10)26-42(45(36)38)46-44(55)27-43-48(47(46)56)57-51(66-31-54(20-21-54)30-59-22-17-37(18-23-59)50(62)65-11)58-49(43)60-28-39-15-16-40(29-60)61(39)52(63)68-53(7,8)9/h12-14,25-27,33-35,37,39-40H,15-18,20-23,28-32H2,1-11H3. The molecule has 2 unspecified atom stereocenters. The Balaban J connectivity index is 1.23. The molecule has 0 radical (unpaired) electrons. The van der Waals surface area contributed by atoms with Gasteiger partial charge in [-0.05, 0) is 119 Å². The normalized spacial score (nSPS) is 19.7. The van der Waals surface area contributed by atoms with Crippen molar-refractivity contribution in [2.75, 3.05) is 65.2 Å². The molecule has 1 saturated carbocycles. The van der Waals surface area contributed by atoms with Crippen LogP contribution in [0.25, 0.3) is 32.8 Å². The van der Waals surface area contributed by atoms with Gasteiger partial charge in [-0.25, -0.2) is 13.6 Å². The van der Waals surface area contributed by atoms with Crippen molar-refractivity contribution >= 4 is 47.6 Å². The van der Waals surface area contributed by atoms with Crippen molar-refractivity contribution in [3.8, 4) is 34.4 Å². The third-order valence-electron chi connectivity index (χ3n) is 15.2. The highest BCUT2D eigenvalue weighted by atomic mass is 28.3. The quantitative estimate of drug-likeness (QED) is 0.0520. The molecule has 4 aromatic rings. The number of piperazine rings is 1. The minimum absolute atomic E-state index is 0.00232. The number of likely N-dealkylation sites (tertiary alicyclic amines) is 1. The van der Waals surface area contributed by atoms with Crippen LogP contribution >= 0.6 is 0 Å². The third kappa shape index (κ3) is 10.3. The van der Waals surface area contributed by atoms with Crippen molar-refractivity contribution in [1.29, 1.82) is 0 Å². The molecule has 2 bridgehead atoms. The molecule has 2 atom stereocenters. The molecule has 69 heavy (non-hydrogen) atoms. The number of halogens is 2. The van der Waals surface area contributed by atoms with Gasteiger partial charge in [0.2, 0.25) is 0 Å². The van der Waals surface area contributed by atoms with E-state index < -0.39 is 25.3 Å². The number of benzene rings is 3. The van der Waals surface area contributed by atoms with Crippen molar-refractivity contribution < 1.29 is 42.1 Å². The summed E-state index contributed by atoms with van der Waals surface area (Å²) in [4.78, 5) is 41.7. The smallest absolute Gasteiger partial charge is 0.410 e. The maximum absolute atomic E-state index is 18.1. The van der Waals surface area contributed by atoms with Crippen LogP contribution in [0.4, 0.5) is 19.4 Å². The first-order valence-electron chi connectivity index (χ1n) is 24.9. The average Bonchev–Trinajstić information content (AvgIpc) is 4.01. The molecule has 3 aromatic carbocycles. The number of amides is 1. The Labute approximate surface area is 407 Å². The topological polar surface area (TPSA) is 116 Å². The van der Waals surface area contributed by atoms with Crippen LogP contribution in [0, 0.1) is 34.4 Å². The molecule has 0 spiro atoms. The average molecular weight is 968 g/mol. The molecule has 1 aromatic heterocycles. The van der Waals surface area contributed by atoms with Crippen molar-refractivity contribution in [3.63, 3.8) is 0 Å². The zero-order chi connectivity index (χ0) is 49.6. The van der Waals surface area contributed by atoms with Crippen LogP contribution in [0.15, 0.2) is 36.4 Å². The Morgan fingerprint density at radius 3 is 2.16 bits per heavy atom. The van der Waals surface area contributed by atoms with Crippen molar-refractivity contribution in [3.05, 3.63) is 53.6 Å². The van der Waals surface area contributed by atoms with Gasteiger partial charge in [-0.15, -0.1) is 5.54 Å². The highest BCUT2D eigenvalue weighted by molar-refractivity contribution is 6.90. The molecule has 8 rings (SSSR count). The minimum Gasteiger partial charge on any atom is -0.469 e. The number of esters is 1. The Morgan fingerprint density at radius 2 is 1.57 bits per heavy atom. The van der Waals surface area contributed by atoms with Gasteiger partial charge in [0.1, 0.15) is 36.6 Å². The summed E-state index contributed by atoms with van der Waals surface area (Å²) in [5, 5.41) is 1.53. The van der Waals surface area contributed by atoms with Crippen molar-refractivity contribution in [2.24, 2.45) is 11.3 Å². The lowest BCUT2D eigenvalue weighted by molar-refractivity contribution is -0.147. The summed E-state index contributed by atoms with van der Waals surface area (Å²) < 4.78 is 64.1. The number of ether oxygens (including phenoxy) is 5. The number of rotatable bonds is 14. The lowest BCUT2D eigenvalue weighted by Crippen LogP contribution is -2.57. The van der Waals surface area contributed by atoms with Gasteiger partial charge in [0.15, 0.2) is 12.6 Å². The zero-order valence-corrected chi connectivity index (χ0v) is 43.5. The lowest BCUT2D eigenvalue weighted by Gasteiger charge is -2.42. The number of hydrogen-bond donors (Lipinski definition) is 0. The van der Waals surface area contributed by atoms with Crippen LogP contribution in [-0.2, 0) is 19.0 Å². The van der Waals surface area contributed by atoms with E-state index in [1.165, 1.54) is 20.3 Å². The van der Waals surface area contributed by atoms with Gasteiger partial charge in [0.05, 0.1) is 37.3 Å². The molecule has 4 heterocycles. The molecule has 1 aliphatic carbocycles. The lowest BCUT2D eigenvalue weighted by atomic mass is 9.93. The van der Waals surface area contributed by atoms with Crippen LogP contribution < -0.4 is 14.4 Å². The van der Waals surface area contributed by atoms with Crippen LogP contribution in [0.3, 0.4) is 0 Å². The molecule has 15 heteroatoms. The number of fused-ring (bicyclic) bond motifs is 4. The summed E-state index contributed by atoms with van der Waals surface area (Å²) >= 11 is 0. The van der Waals surface area contributed by atoms with E-state index in [0.29, 0.717) is 64.2 Å². The Hall–Kier alpha value is -5.04. The van der Waals surface area contributed by atoms with Crippen molar-refractivity contribution in [2.45, 2.75) is 135 Å². The number of hydrogen-bond acceptors (Lipinski definition) is 11. The van der Waals surface area contributed by atoms with Crippen LogP contribution in [0.2, 0.25) is 16.6 Å². The largest absolute Gasteiger partial charge is 0.469 e. The number of carbonyl (C=O) groups is 2.